The van der Waals surface area contributed by atoms with Gasteiger partial charge in [-0.05, 0) is 68.6 Å². The second kappa shape index (κ2) is 5.89. The molecule has 0 aliphatic rings. The third kappa shape index (κ3) is 3.92. The van der Waals surface area contributed by atoms with Crippen LogP contribution in [0.5, 0.6) is 0 Å². The zero-order valence-corrected chi connectivity index (χ0v) is 13.1. The van der Waals surface area contributed by atoms with Crippen LogP contribution < -0.4 is 5.32 Å². The number of hydrogen-bond acceptors (Lipinski definition) is 2. The summed E-state index contributed by atoms with van der Waals surface area (Å²) in [6, 6.07) is 8.75. The Morgan fingerprint density at radius 3 is 2.79 bits per heavy atom. The molecule has 1 aromatic carbocycles. The van der Waals surface area contributed by atoms with E-state index in [1.54, 1.807) is 0 Å². The number of allylic oxidation sites excluding steroid dienone is 1. The molecule has 1 heterocycles. The van der Waals surface area contributed by atoms with Gasteiger partial charge in [-0.1, -0.05) is 24.3 Å². The Hall–Kier alpha value is -1.12. The van der Waals surface area contributed by atoms with Gasteiger partial charge >= 0.3 is 0 Å². The average Bonchev–Trinajstić information content (AvgIpc) is 2.81. The molecule has 1 N–H and O–H groups in total. The first-order valence-corrected chi connectivity index (χ1v) is 7.74. The minimum absolute atomic E-state index is 0.204. The Kier molecular flexibility index (Phi) is 4.43. The lowest BCUT2D eigenvalue weighted by Gasteiger charge is -2.19. The van der Waals surface area contributed by atoms with Crippen molar-refractivity contribution in [2.75, 3.05) is 6.54 Å². The monoisotopic (exact) mass is 273 g/mol. The number of thiophene rings is 1. The zero-order valence-electron chi connectivity index (χ0n) is 12.3. The fourth-order valence-corrected chi connectivity index (χ4v) is 3.13. The molecule has 2 rings (SSSR count). The van der Waals surface area contributed by atoms with Crippen molar-refractivity contribution in [2.45, 2.75) is 39.7 Å². The van der Waals surface area contributed by atoms with Crippen LogP contribution in [-0.2, 0) is 0 Å². The molecule has 0 radical (unpaired) electrons. The lowest BCUT2D eigenvalue weighted by atomic mass is 10.0. The van der Waals surface area contributed by atoms with Gasteiger partial charge in [-0.2, -0.15) is 0 Å². The van der Waals surface area contributed by atoms with E-state index >= 15 is 0 Å². The van der Waals surface area contributed by atoms with Gasteiger partial charge in [-0.3, -0.25) is 0 Å². The average molecular weight is 273 g/mol. The second-order valence-electron chi connectivity index (χ2n) is 6.00. The van der Waals surface area contributed by atoms with E-state index in [1.165, 1.54) is 21.2 Å². The normalized spacial score (nSPS) is 13.2. The van der Waals surface area contributed by atoms with E-state index in [-0.39, 0.29) is 5.54 Å². The van der Waals surface area contributed by atoms with Crippen molar-refractivity contribution in [3.63, 3.8) is 0 Å². The highest BCUT2D eigenvalue weighted by Crippen LogP contribution is 2.29. The van der Waals surface area contributed by atoms with Crippen LogP contribution in [0, 0.1) is 0 Å². The second-order valence-corrected chi connectivity index (χ2v) is 6.91. The maximum Gasteiger partial charge on any atom is 0.0417 e. The number of hydrogen-bond donors (Lipinski definition) is 1. The van der Waals surface area contributed by atoms with Crippen molar-refractivity contribution in [3.05, 3.63) is 41.3 Å². The predicted molar refractivity (Wildman–Crippen MR) is 87.8 cm³/mol. The number of rotatable bonds is 4. The Balaban J connectivity index is 2.07. The Morgan fingerprint density at radius 1 is 1.26 bits per heavy atom. The summed E-state index contributed by atoms with van der Waals surface area (Å²) in [7, 11) is 0. The van der Waals surface area contributed by atoms with Gasteiger partial charge in [0.1, 0.15) is 0 Å². The molecule has 1 aromatic heterocycles. The van der Waals surface area contributed by atoms with Gasteiger partial charge < -0.3 is 5.32 Å². The summed E-state index contributed by atoms with van der Waals surface area (Å²) in [6.07, 6.45) is 3.41. The Morgan fingerprint density at radius 2 is 2.05 bits per heavy atom. The number of benzene rings is 1. The van der Waals surface area contributed by atoms with Crippen LogP contribution in [0.2, 0.25) is 0 Å². The highest BCUT2D eigenvalue weighted by atomic mass is 32.1. The summed E-state index contributed by atoms with van der Waals surface area (Å²) < 4.78 is 1.40. The molecule has 2 heteroatoms. The van der Waals surface area contributed by atoms with Gasteiger partial charge in [0.05, 0.1) is 0 Å². The Labute approximate surface area is 120 Å². The van der Waals surface area contributed by atoms with Crippen molar-refractivity contribution in [1.29, 1.82) is 0 Å². The van der Waals surface area contributed by atoms with Crippen LogP contribution in [0.4, 0.5) is 0 Å². The molecule has 0 aliphatic carbocycles. The van der Waals surface area contributed by atoms with Gasteiger partial charge in [0.2, 0.25) is 0 Å². The number of nitrogens with one attached hydrogen (secondary N) is 1. The summed E-state index contributed by atoms with van der Waals surface area (Å²) in [5, 5.41) is 7.04. The van der Waals surface area contributed by atoms with E-state index < -0.39 is 0 Å². The van der Waals surface area contributed by atoms with Gasteiger partial charge in [0.25, 0.3) is 0 Å². The molecule has 0 fully saturated rings. The first-order valence-electron chi connectivity index (χ1n) is 6.86. The molecule has 0 spiro atoms. The van der Waals surface area contributed by atoms with Crippen LogP contribution in [0.25, 0.3) is 15.7 Å². The minimum Gasteiger partial charge on any atom is -0.312 e. The fourth-order valence-electron chi connectivity index (χ4n) is 2.15. The Bertz CT molecular complexity index is 572. The lowest BCUT2D eigenvalue weighted by Crippen LogP contribution is -2.36. The molecule has 0 saturated carbocycles. The third-order valence-corrected chi connectivity index (χ3v) is 4.12. The quantitative estimate of drug-likeness (QED) is 0.766. The van der Waals surface area contributed by atoms with E-state index in [9.17, 15) is 0 Å². The molecule has 0 unspecified atom stereocenters. The predicted octanol–water partition coefficient (Wildman–Crippen LogP) is 5.08. The van der Waals surface area contributed by atoms with Crippen LogP contribution in [0.15, 0.2) is 35.7 Å². The smallest absolute Gasteiger partial charge is 0.0417 e. The topological polar surface area (TPSA) is 12.0 Å². The van der Waals surface area contributed by atoms with E-state index in [0.717, 1.165) is 13.0 Å². The van der Waals surface area contributed by atoms with E-state index in [2.05, 4.69) is 68.7 Å². The van der Waals surface area contributed by atoms with Crippen LogP contribution in [0.3, 0.4) is 0 Å². The molecule has 19 heavy (non-hydrogen) atoms. The highest BCUT2D eigenvalue weighted by molar-refractivity contribution is 7.17. The van der Waals surface area contributed by atoms with Crippen molar-refractivity contribution in [2.24, 2.45) is 0 Å². The summed E-state index contributed by atoms with van der Waals surface area (Å²) in [6.45, 7) is 9.86. The molecule has 0 amide bonds. The van der Waals surface area contributed by atoms with Crippen molar-refractivity contribution < 1.29 is 0 Å². The van der Waals surface area contributed by atoms with Gasteiger partial charge in [0.15, 0.2) is 0 Å². The minimum atomic E-state index is 0.204. The maximum atomic E-state index is 3.52. The molecule has 0 saturated heterocycles. The van der Waals surface area contributed by atoms with Crippen molar-refractivity contribution in [3.8, 4) is 0 Å². The molecule has 0 aliphatic heterocycles. The SMILES string of the molecule is C/C(=C/CCNC(C)(C)C)c1cccc2ccsc12. The van der Waals surface area contributed by atoms with Gasteiger partial charge in [-0.25, -0.2) is 0 Å². The molecule has 0 atom stereocenters. The van der Waals surface area contributed by atoms with Gasteiger partial charge in [-0.15, -0.1) is 11.3 Å². The molecular formula is C17H23NS. The van der Waals surface area contributed by atoms with Crippen molar-refractivity contribution >= 4 is 27.0 Å². The molecule has 1 nitrogen and oxygen atoms in total. The van der Waals surface area contributed by atoms with Crippen LogP contribution >= 0.6 is 11.3 Å². The van der Waals surface area contributed by atoms with E-state index in [4.69, 9.17) is 0 Å². The van der Waals surface area contributed by atoms with Crippen molar-refractivity contribution in [1.82, 2.24) is 5.32 Å². The third-order valence-electron chi connectivity index (χ3n) is 3.15. The first kappa shape index (κ1) is 14.3. The first-order chi connectivity index (χ1) is 8.97. The fraction of sp³-hybridized carbons (Fsp3) is 0.412. The summed E-state index contributed by atoms with van der Waals surface area (Å²) in [5.41, 5.74) is 2.96. The molecule has 0 bridgehead atoms. The molecule has 102 valence electrons. The lowest BCUT2D eigenvalue weighted by molar-refractivity contribution is 0.431. The van der Waals surface area contributed by atoms with Crippen LogP contribution in [-0.4, -0.2) is 12.1 Å². The zero-order chi connectivity index (χ0) is 13.9. The maximum absolute atomic E-state index is 3.52. The summed E-state index contributed by atoms with van der Waals surface area (Å²) >= 11 is 1.83. The summed E-state index contributed by atoms with van der Waals surface area (Å²) in [4.78, 5) is 0. The summed E-state index contributed by atoms with van der Waals surface area (Å²) in [5.74, 6) is 0. The highest BCUT2D eigenvalue weighted by Gasteiger charge is 2.07. The van der Waals surface area contributed by atoms with Crippen LogP contribution in [0.1, 0.15) is 39.7 Å². The van der Waals surface area contributed by atoms with E-state index in [0.29, 0.717) is 0 Å². The largest absolute Gasteiger partial charge is 0.312 e. The standard InChI is InChI=1S/C17H23NS/c1-13(7-6-11-18-17(2,3)4)15-9-5-8-14-10-12-19-16(14)15/h5,7-10,12,18H,6,11H2,1-4H3/b13-7-. The van der Waals surface area contributed by atoms with E-state index in [1.807, 2.05) is 11.3 Å². The number of fused-ring (bicyclic) bond motifs is 1. The molecule has 2 aromatic rings. The van der Waals surface area contributed by atoms with Gasteiger partial charge in [0, 0.05) is 10.2 Å². The molecular weight excluding hydrogens is 250 g/mol.